The van der Waals surface area contributed by atoms with Crippen molar-refractivity contribution in [3.05, 3.63) is 24.2 Å². The number of nitrogens with one attached hydrogen (secondary N) is 1. The molecular weight excluding hydrogens is 290 g/mol. The minimum absolute atomic E-state index is 0.360. The maximum absolute atomic E-state index is 5.64. The molecule has 2 fully saturated rings. The van der Waals surface area contributed by atoms with E-state index in [1.807, 2.05) is 12.1 Å². The first kappa shape index (κ1) is 16.4. The summed E-state index contributed by atoms with van der Waals surface area (Å²) in [6.07, 6.45) is 6.07. The highest BCUT2D eigenvalue weighted by atomic mass is 16.5. The molecule has 0 aliphatic carbocycles. The van der Waals surface area contributed by atoms with Gasteiger partial charge in [-0.15, -0.1) is 0 Å². The number of furan rings is 1. The molecule has 2 aliphatic heterocycles. The molecule has 3 rings (SSSR count). The number of nitrogens with zero attached hydrogens (tertiary/aromatic N) is 2. The topological polar surface area (TPSA) is 50.0 Å². The number of guanidine groups is 1. The molecule has 0 radical (unpaired) electrons. The van der Waals surface area contributed by atoms with E-state index < -0.39 is 0 Å². The summed E-state index contributed by atoms with van der Waals surface area (Å²) < 4.78 is 11.0. The van der Waals surface area contributed by atoms with Crippen LogP contribution >= 0.6 is 0 Å². The van der Waals surface area contributed by atoms with E-state index in [1.54, 1.807) is 6.26 Å². The highest BCUT2D eigenvalue weighted by Crippen LogP contribution is 2.38. The minimum atomic E-state index is 0.360. The van der Waals surface area contributed by atoms with Gasteiger partial charge in [-0.25, -0.2) is 0 Å². The molecule has 5 heteroatoms. The van der Waals surface area contributed by atoms with E-state index in [1.165, 1.54) is 12.8 Å². The zero-order chi connectivity index (χ0) is 16.1. The van der Waals surface area contributed by atoms with E-state index >= 15 is 0 Å². The molecule has 128 valence electrons. The lowest BCUT2D eigenvalue weighted by Crippen LogP contribution is -2.45. The Kier molecular flexibility index (Phi) is 5.26. The molecule has 2 unspecified atom stereocenters. The van der Waals surface area contributed by atoms with Crippen molar-refractivity contribution in [1.29, 1.82) is 0 Å². The molecule has 23 heavy (non-hydrogen) atoms. The zero-order valence-electron chi connectivity index (χ0n) is 14.4. The lowest BCUT2D eigenvalue weighted by atomic mass is 9.87. The maximum atomic E-state index is 5.64. The second-order valence-corrected chi connectivity index (χ2v) is 6.96. The summed E-state index contributed by atoms with van der Waals surface area (Å²) >= 11 is 0. The zero-order valence-corrected chi connectivity index (χ0v) is 14.4. The number of hydrogen-bond acceptors (Lipinski definition) is 3. The third-order valence-corrected chi connectivity index (χ3v) is 5.11. The second-order valence-electron chi connectivity index (χ2n) is 6.96. The van der Waals surface area contributed by atoms with Crippen LogP contribution in [0, 0.1) is 5.41 Å². The number of rotatable bonds is 5. The van der Waals surface area contributed by atoms with Crippen LogP contribution in [0.5, 0.6) is 0 Å². The van der Waals surface area contributed by atoms with Gasteiger partial charge < -0.3 is 19.4 Å². The van der Waals surface area contributed by atoms with E-state index in [-0.39, 0.29) is 0 Å². The Hall–Kier alpha value is -1.49. The monoisotopic (exact) mass is 319 g/mol. The van der Waals surface area contributed by atoms with Crippen molar-refractivity contribution in [3.63, 3.8) is 0 Å². The summed E-state index contributed by atoms with van der Waals surface area (Å²) in [5.41, 5.74) is 0.360. The third-order valence-electron chi connectivity index (χ3n) is 5.11. The van der Waals surface area contributed by atoms with Gasteiger partial charge in [-0.2, -0.15) is 0 Å². The molecule has 0 saturated carbocycles. The van der Waals surface area contributed by atoms with Crippen molar-refractivity contribution in [2.75, 3.05) is 32.8 Å². The van der Waals surface area contributed by atoms with Gasteiger partial charge in [-0.05, 0) is 38.3 Å². The Bertz CT molecular complexity index is 506. The van der Waals surface area contributed by atoms with Crippen LogP contribution in [0.3, 0.4) is 0 Å². The first-order valence-electron chi connectivity index (χ1n) is 8.87. The molecule has 2 aliphatic rings. The molecule has 2 saturated heterocycles. The number of aliphatic imine (C=N–C) groups is 1. The standard InChI is InChI=1S/C18H29N3O2/c1-3-15(2)20-17(19-9-6-16-5-4-11-23-16)21-10-7-18(13-21)8-12-22-14-18/h4-5,11,15H,3,6-10,12-14H2,1-2H3,(H,19,20). The van der Waals surface area contributed by atoms with E-state index in [9.17, 15) is 0 Å². The lowest BCUT2D eigenvalue weighted by Gasteiger charge is -2.27. The van der Waals surface area contributed by atoms with Crippen LogP contribution in [0.2, 0.25) is 0 Å². The number of hydrogen-bond donors (Lipinski definition) is 1. The van der Waals surface area contributed by atoms with Gasteiger partial charge in [0.2, 0.25) is 0 Å². The molecule has 0 bridgehead atoms. The summed E-state index contributed by atoms with van der Waals surface area (Å²) in [4.78, 5) is 7.27. The summed E-state index contributed by atoms with van der Waals surface area (Å²) in [6.45, 7) is 9.14. The van der Waals surface area contributed by atoms with Gasteiger partial charge in [0.15, 0.2) is 5.96 Å². The van der Waals surface area contributed by atoms with Crippen molar-refractivity contribution in [3.8, 4) is 0 Å². The van der Waals surface area contributed by atoms with Gasteiger partial charge in [0.1, 0.15) is 5.76 Å². The van der Waals surface area contributed by atoms with Crippen LogP contribution in [0.1, 0.15) is 38.9 Å². The van der Waals surface area contributed by atoms with Crippen molar-refractivity contribution >= 4 is 5.96 Å². The van der Waals surface area contributed by atoms with Gasteiger partial charge in [-0.1, -0.05) is 6.92 Å². The Morgan fingerprint density at radius 2 is 2.39 bits per heavy atom. The fourth-order valence-corrected chi connectivity index (χ4v) is 3.37. The molecule has 1 aromatic rings. The first-order chi connectivity index (χ1) is 11.2. The average Bonchev–Trinajstić information content (AvgIpc) is 3.30. The van der Waals surface area contributed by atoms with Crippen molar-refractivity contribution in [2.45, 2.75) is 45.6 Å². The smallest absolute Gasteiger partial charge is 0.194 e. The summed E-state index contributed by atoms with van der Waals surface area (Å²) in [5.74, 6) is 2.05. The maximum Gasteiger partial charge on any atom is 0.194 e. The van der Waals surface area contributed by atoms with Gasteiger partial charge >= 0.3 is 0 Å². The fraction of sp³-hybridized carbons (Fsp3) is 0.722. The molecule has 5 nitrogen and oxygen atoms in total. The average molecular weight is 319 g/mol. The second kappa shape index (κ2) is 7.39. The SMILES string of the molecule is CCC(C)NC(=NCCc1ccco1)N1CCC2(CCOC2)C1. The van der Waals surface area contributed by atoms with Crippen LogP contribution in [0.25, 0.3) is 0 Å². The van der Waals surface area contributed by atoms with E-state index in [0.717, 1.165) is 57.4 Å². The van der Waals surface area contributed by atoms with E-state index in [4.69, 9.17) is 14.1 Å². The van der Waals surface area contributed by atoms with Crippen molar-refractivity contribution in [2.24, 2.45) is 10.4 Å². The predicted octanol–water partition coefficient (Wildman–Crippen LogP) is 2.68. The molecule has 0 aromatic carbocycles. The lowest BCUT2D eigenvalue weighted by molar-refractivity contribution is 0.156. The van der Waals surface area contributed by atoms with Crippen LogP contribution in [-0.2, 0) is 11.2 Å². The molecular formula is C18H29N3O2. The van der Waals surface area contributed by atoms with Gasteiger partial charge in [0.05, 0.1) is 12.9 Å². The number of likely N-dealkylation sites (tertiary alicyclic amines) is 1. The Morgan fingerprint density at radius 1 is 1.48 bits per heavy atom. The highest BCUT2D eigenvalue weighted by Gasteiger charge is 2.42. The molecule has 0 amide bonds. The van der Waals surface area contributed by atoms with Crippen molar-refractivity contribution in [1.82, 2.24) is 10.2 Å². The first-order valence-corrected chi connectivity index (χ1v) is 8.87. The molecule has 3 heterocycles. The number of ether oxygens (including phenoxy) is 1. The summed E-state index contributed by atoms with van der Waals surface area (Å²) in [6, 6.07) is 4.38. The predicted molar refractivity (Wildman–Crippen MR) is 91.7 cm³/mol. The Balaban J connectivity index is 1.62. The summed E-state index contributed by atoms with van der Waals surface area (Å²) in [5, 5.41) is 3.60. The highest BCUT2D eigenvalue weighted by molar-refractivity contribution is 5.80. The van der Waals surface area contributed by atoms with Crippen molar-refractivity contribution < 1.29 is 9.15 Å². The minimum Gasteiger partial charge on any atom is -0.469 e. The van der Waals surface area contributed by atoms with Gasteiger partial charge in [-0.3, -0.25) is 4.99 Å². The van der Waals surface area contributed by atoms with Gasteiger partial charge in [0.25, 0.3) is 0 Å². The van der Waals surface area contributed by atoms with Crippen LogP contribution in [-0.4, -0.2) is 49.7 Å². The molecule has 2 atom stereocenters. The Labute approximate surface area is 139 Å². The normalized spacial score (nSPS) is 26.2. The molecule has 1 N–H and O–H groups in total. The van der Waals surface area contributed by atoms with Gasteiger partial charge in [0, 0.05) is 44.1 Å². The van der Waals surface area contributed by atoms with Crippen LogP contribution in [0.15, 0.2) is 27.8 Å². The largest absolute Gasteiger partial charge is 0.469 e. The van der Waals surface area contributed by atoms with E-state index in [0.29, 0.717) is 11.5 Å². The molecule has 1 aromatic heterocycles. The van der Waals surface area contributed by atoms with Crippen LogP contribution in [0.4, 0.5) is 0 Å². The van der Waals surface area contributed by atoms with E-state index in [2.05, 4.69) is 24.1 Å². The third kappa shape index (κ3) is 4.08. The molecule has 1 spiro atoms. The Morgan fingerprint density at radius 3 is 3.09 bits per heavy atom. The summed E-state index contributed by atoms with van der Waals surface area (Å²) in [7, 11) is 0. The van der Waals surface area contributed by atoms with Crippen LogP contribution < -0.4 is 5.32 Å². The quantitative estimate of drug-likeness (QED) is 0.670. The fourth-order valence-electron chi connectivity index (χ4n) is 3.37.